The average Bonchev–Trinajstić information content (AvgIpc) is 3.36. The van der Waals surface area contributed by atoms with E-state index >= 15 is 0 Å². The van der Waals surface area contributed by atoms with E-state index < -0.39 is 0 Å². The van der Waals surface area contributed by atoms with Gasteiger partial charge in [0.05, 0.1) is 30.3 Å². The van der Waals surface area contributed by atoms with Gasteiger partial charge in [-0.3, -0.25) is 9.69 Å². The molecule has 2 aliphatic rings. The normalized spacial score (nSPS) is 17.6. The molecule has 0 spiro atoms. The molecule has 0 bridgehead atoms. The van der Waals surface area contributed by atoms with Gasteiger partial charge in [-0.15, -0.1) is 0 Å². The highest BCUT2D eigenvalue weighted by molar-refractivity contribution is 6.05. The van der Waals surface area contributed by atoms with Crippen molar-refractivity contribution in [3.8, 4) is 5.75 Å². The summed E-state index contributed by atoms with van der Waals surface area (Å²) in [5, 5.41) is 8.60. The first-order valence-electron chi connectivity index (χ1n) is 12.1. The van der Waals surface area contributed by atoms with Crippen LogP contribution in [0.1, 0.15) is 79.1 Å². The van der Waals surface area contributed by atoms with Crippen LogP contribution in [-0.2, 0) is 0 Å². The lowest BCUT2D eigenvalue weighted by Crippen LogP contribution is -2.37. The van der Waals surface area contributed by atoms with Gasteiger partial charge in [0, 0.05) is 29.8 Å². The third kappa shape index (κ3) is 4.34. The molecule has 174 valence electrons. The van der Waals surface area contributed by atoms with Gasteiger partial charge in [0.1, 0.15) is 5.75 Å². The zero-order valence-electron chi connectivity index (χ0n) is 19.8. The number of nitrogens with one attached hydrogen (secondary N) is 1. The lowest BCUT2D eigenvalue weighted by atomic mass is 10.0. The number of benzene rings is 1. The van der Waals surface area contributed by atoms with Crippen molar-refractivity contribution < 1.29 is 9.53 Å². The number of hydrogen-bond acceptors (Lipinski definition) is 5. The number of rotatable bonds is 8. The summed E-state index contributed by atoms with van der Waals surface area (Å²) >= 11 is 0. The van der Waals surface area contributed by atoms with E-state index in [0.29, 0.717) is 18.0 Å². The number of ether oxygens (including phenoxy) is 1. The topological polar surface area (TPSA) is 72.3 Å². The number of likely N-dealkylation sites (tertiary alicyclic amines) is 1. The molecule has 1 N–H and O–H groups in total. The Hall–Kier alpha value is -2.93. The molecule has 1 amide bonds. The Morgan fingerprint density at radius 3 is 2.67 bits per heavy atom. The van der Waals surface area contributed by atoms with Crippen LogP contribution >= 0.6 is 0 Å². The molecule has 1 aliphatic heterocycles. The Bertz CT molecular complexity index is 1140. The summed E-state index contributed by atoms with van der Waals surface area (Å²) in [6.45, 7) is 6.77. The molecule has 5 rings (SSSR count). The summed E-state index contributed by atoms with van der Waals surface area (Å²) in [5.74, 6) is 1.26. The summed E-state index contributed by atoms with van der Waals surface area (Å²) in [4.78, 5) is 20.8. The van der Waals surface area contributed by atoms with Crippen LogP contribution in [0.15, 0.2) is 36.5 Å². The van der Waals surface area contributed by atoms with Crippen molar-refractivity contribution in [1.29, 1.82) is 0 Å². The van der Waals surface area contributed by atoms with Gasteiger partial charge in [-0.1, -0.05) is 18.2 Å². The molecule has 1 saturated heterocycles. The third-order valence-corrected chi connectivity index (χ3v) is 6.85. The smallest absolute Gasteiger partial charge is 0.252 e. The Morgan fingerprint density at radius 1 is 1.21 bits per heavy atom. The monoisotopic (exact) mass is 447 g/mol. The molecular weight excluding hydrogens is 414 g/mol. The summed E-state index contributed by atoms with van der Waals surface area (Å²) in [6.07, 6.45) is 6.43. The maximum atomic E-state index is 13.5. The van der Waals surface area contributed by atoms with Gasteiger partial charge in [0.15, 0.2) is 5.65 Å². The van der Waals surface area contributed by atoms with Crippen LogP contribution in [0.4, 0.5) is 0 Å². The largest absolute Gasteiger partial charge is 0.496 e. The number of nitrogens with zero attached hydrogens (tertiary/aromatic N) is 4. The third-order valence-electron chi connectivity index (χ3n) is 6.85. The van der Waals surface area contributed by atoms with E-state index in [1.54, 1.807) is 13.3 Å². The quantitative estimate of drug-likeness (QED) is 0.552. The van der Waals surface area contributed by atoms with E-state index in [-0.39, 0.29) is 18.0 Å². The van der Waals surface area contributed by atoms with Crippen LogP contribution in [-0.4, -0.2) is 52.3 Å². The molecule has 3 heterocycles. The van der Waals surface area contributed by atoms with Crippen LogP contribution in [0, 0.1) is 0 Å². The van der Waals surface area contributed by atoms with E-state index in [0.717, 1.165) is 54.0 Å². The van der Waals surface area contributed by atoms with Gasteiger partial charge in [0.2, 0.25) is 0 Å². The molecule has 1 aliphatic carbocycles. The Kier molecular flexibility index (Phi) is 6.06. The molecule has 0 radical (unpaired) electrons. The van der Waals surface area contributed by atoms with Gasteiger partial charge < -0.3 is 10.1 Å². The van der Waals surface area contributed by atoms with Gasteiger partial charge in [-0.25, -0.2) is 9.67 Å². The van der Waals surface area contributed by atoms with E-state index in [9.17, 15) is 4.79 Å². The molecule has 7 heteroatoms. The second-order valence-electron chi connectivity index (χ2n) is 9.50. The van der Waals surface area contributed by atoms with Gasteiger partial charge in [0.25, 0.3) is 5.91 Å². The van der Waals surface area contributed by atoms with Crippen LogP contribution in [0.2, 0.25) is 0 Å². The summed E-state index contributed by atoms with van der Waals surface area (Å²) in [5.41, 5.74) is 3.61. The Balaban J connectivity index is 1.44. The fraction of sp³-hybridized carbons (Fsp3) is 0.500. The summed E-state index contributed by atoms with van der Waals surface area (Å²) < 4.78 is 7.57. The highest BCUT2D eigenvalue weighted by atomic mass is 16.5. The zero-order valence-corrected chi connectivity index (χ0v) is 19.8. The number of carbonyl (C=O) groups excluding carboxylic acids is 1. The first-order chi connectivity index (χ1) is 16.1. The average molecular weight is 448 g/mol. The zero-order chi connectivity index (χ0) is 22.9. The van der Waals surface area contributed by atoms with E-state index in [4.69, 9.17) is 9.72 Å². The van der Waals surface area contributed by atoms with Crippen molar-refractivity contribution in [3.05, 3.63) is 53.3 Å². The van der Waals surface area contributed by atoms with Crippen molar-refractivity contribution in [1.82, 2.24) is 25.0 Å². The van der Waals surface area contributed by atoms with Gasteiger partial charge in [-0.2, -0.15) is 5.10 Å². The van der Waals surface area contributed by atoms with Crippen LogP contribution in [0.3, 0.4) is 0 Å². The molecule has 1 unspecified atom stereocenters. The molecule has 1 aromatic carbocycles. The number of carbonyl (C=O) groups is 1. The number of hydrogen-bond donors (Lipinski definition) is 1. The number of aromatic nitrogens is 3. The highest BCUT2D eigenvalue weighted by Crippen LogP contribution is 2.40. The minimum atomic E-state index is -0.0632. The fourth-order valence-corrected chi connectivity index (χ4v) is 4.91. The van der Waals surface area contributed by atoms with Crippen LogP contribution in [0.25, 0.3) is 11.0 Å². The van der Waals surface area contributed by atoms with Crippen molar-refractivity contribution in [3.63, 3.8) is 0 Å². The Morgan fingerprint density at radius 2 is 1.97 bits per heavy atom. The molecule has 3 aromatic rings. The van der Waals surface area contributed by atoms with Crippen LogP contribution in [0.5, 0.6) is 5.75 Å². The summed E-state index contributed by atoms with van der Waals surface area (Å²) in [6, 6.07) is 10.4. The molecule has 1 saturated carbocycles. The molecule has 2 fully saturated rings. The van der Waals surface area contributed by atoms with E-state index in [1.165, 1.54) is 12.8 Å². The van der Waals surface area contributed by atoms with Crippen molar-refractivity contribution in [2.24, 2.45) is 0 Å². The van der Waals surface area contributed by atoms with Gasteiger partial charge in [-0.05, 0) is 64.8 Å². The van der Waals surface area contributed by atoms with Crippen LogP contribution < -0.4 is 10.1 Å². The van der Waals surface area contributed by atoms with Crippen molar-refractivity contribution in [2.45, 2.75) is 57.5 Å². The fourth-order valence-electron chi connectivity index (χ4n) is 4.91. The minimum absolute atomic E-state index is 0.0632. The number of para-hydroxylation sites is 1. The lowest BCUT2D eigenvalue weighted by Gasteiger charge is -2.29. The van der Waals surface area contributed by atoms with E-state index in [2.05, 4.69) is 35.2 Å². The van der Waals surface area contributed by atoms with Crippen molar-refractivity contribution >= 4 is 16.9 Å². The van der Waals surface area contributed by atoms with Crippen molar-refractivity contribution in [2.75, 3.05) is 26.7 Å². The van der Waals surface area contributed by atoms with E-state index in [1.807, 2.05) is 28.9 Å². The summed E-state index contributed by atoms with van der Waals surface area (Å²) in [7, 11) is 1.71. The highest BCUT2D eigenvalue weighted by Gasteiger charge is 2.30. The minimum Gasteiger partial charge on any atom is -0.496 e. The first-order valence-corrected chi connectivity index (χ1v) is 12.1. The Labute approximate surface area is 195 Å². The molecule has 1 atom stereocenters. The SMILES string of the molecule is COc1ccccc1C(CNC(=O)c1cc(C2CC2)nc2c1cnn2C(C)C)N1CCCC1. The second-order valence-corrected chi connectivity index (χ2v) is 9.50. The maximum absolute atomic E-state index is 13.5. The molecular formula is C26H33N5O2. The first kappa shape index (κ1) is 21.9. The second kappa shape index (κ2) is 9.14. The predicted molar refractivity (Wildman–Crippen MR) is 129 cm³/mol. The van der Waals surface area contributed by atoms with Gasteiger partial charge >= 0.3 is 0 Å². The molecule has 2 aromatic heterocycles. The maximum Gasteiger partial charge on any atom is 0.252 e. The number of amides is 1. The number of methoxy groups -OCH3 is 1. The number of pyridine rings is 1. The standard InChI is InChI=1S/C26H33N5O2/c1-17(2)31-25-21(15-28-31)20(14-22(29-25)18-10-11-18)26(32)27-16-23(30-12-6-7-13-30)19-8-4-5-9-24(19)33-3/h4-5,8-9,14-15,17-18,23H,6-7,10-13,16H2,1-3H3,(H,27,32). The lowest BCUT2D eigenvalue weighted by molar-refractivity contribution is 0.0939. The predicted octanol–water partition coefficient (Wildman–Crippen LogP) is 4.47. The number of fused-ring (bicyclic) bond motifs is 1. The molecule has 7 nitrogen and oxygen atoms in total. The molecule has 33 heavy (non-hydrogen) atoms.